The Balaban J connectivity index is 1.91. The predicted molar refractivity (Wildman–Crippen MR) is 75.3 cm³/mol. The number of rotatable bonds is 3. The Kier molecular flexibility index (Phi) is 2.98. The molecule has 0 aliphatic carbocycles. The van der Waals surface area contributed by atoms with E-state index in [1.54, 1.807) is 0 Å². The summed E-state index contributed by atoms with van der Waals surface area (Å²) < 4.78 is 0. The molecule has 6 heteroatoms. The van der Waals surface area contributed by atoms with Crippen molar-refractivity contribution in [2.75, 3.05) is 0 Å². The minimum absolute atomic E-state index is 0.121. The van der Waals surface area contributed by atoms with Crippen LogP contribution in [0.2, 0.25) is 0 Å². The summed E-state index contributed by atoms with van der Waals surface area (Å²) in [7, 11) is 0. The molecule has 0 aliphatic rings. The Morgan fingerprint density at radius 3 is 2.90 bits per heavy atom. The topological polar surface area (TPSA) is 86.5 Å². The lowest BCUT2D eigenvalue weighted by Crippen LogP contribution is -2.27. The van der Waals surface area contributed by atoms with E-state index >= 15 is 0 Å². The zero-order chi connectivity index (χ0) is 14.1. The van der Waals surface area contributed by atoms with E-state index in [-0.39, 0.29) is 11.9 Å². The number of fused-ring (bicyclic) bond motifs is 1. The Hall–Kier alpha value is -2.63. The van der Waals surface area contributed by atoms with Crippen molar-refractivity contribution in [3.63, 3.8) is 0 Å². The Morgan fingerprint density at radius 2 is 2.15 bits per heavy atom. The number of aromatic nitrogens is 4. The van der Waals surface area contributed by atoms with E-state index in [9.17, 15) is 4.79 Å². The first-order valence-corrected chi connectivity index (χ1v) is 6.40. The molecule has 2 aromatic heterocycles. The lowest BCUT2D eigenvalue weighted by molar-refractivity contribution is 0.0939. The molecule has 0 saturated heterocycles. The summed E-state index contributed by atoms with van der Waals surface area (Å²) in [6.07, 6.45) is 1.43. The number of benzene rings is 1. The van der Waals surface area contributed by atoms with E-state index in [0.29, 0.717) is 11.4 Å². The lowest BCUT2D eigenvalue weighted by Gasteiger charge is -2.11. The molecular weight excluding hydrogens is 254 g/mol. The van der Waals surface area contributed by atoms with Gasteiger partial charge in [-0.25, -0.2) is 4.98 Å². The highest BCUT2D eigenvalue weighted by molar-refractivity contribution is 6.08. The highest BCUT2D eigenvalue weighted by atomic mass is 16.1. The second-order valence-corrected chi connectivity index (χ2v) is 4.74. The second-order valence-electron chi connectivity index (χ2n) is 4.74. The number of hydrogen-bond acceptors (Lipinski definition) is 3. The van der Waals surface area contributed by atoms with Crippen molar-refractivity contribution in [2.45, 2.75) is 19.9 Å². The molecule has 1 atom stereocenters. The Bertz CT molecular complexity index is 744. The number of H-pyrrole nitrogens is 2. The zero-order valence-electron chi connectivity index (χ0n) is 11.3. The van der Waals surface area contributed by atoms with E-state index in [2.05, 4.69) is 25.5 Å². The van der Waals surface area contributed by atoms with Crippen LogP contribution in [-0.2, 0) is 0 Å². The van der Waals surface area contributed by atoms with E-state index in [0.717, 1.165) is 16.6 Å². The van der Waals surface area contributed by atoms with Gasteiger partial charge in [-0.1, -0.05) is 18.2 Å². The number of nitrogens with one attached hydrogen (secondary N) is 3. The molecule has 1 unspecified atom stereocenters. The minimum atomic E-state index is -0.224. The number of carbonyl (C=O) groups is 1. The van der Waals surface area contributed by atoms with Crippen LogP contribution in [0.4, 0.5) is 0 Å². The van der Waals surface area contributed by atoms with Gasteiger partial charge in [-0.15, -0.1) is 0 Å². The number of amides is 1. The average molecular weight is 269 g/mol. The third-order valence-electron chi connectivity index (χ3n) is 3.31. The first-order valence-electron chi connectivity index (χ1n) is 6.40. The van der Waals surface area contributed by atoms with Crippen molar-refractivity contribution < 1.29 is 4.79 Å². The van der Waals surface area contributed by atoms with E-state index in [1.807, 2.05) is 38.1 Å². The van der Waals surface area contributed by atoms with Gasteiger partial charge in [-0.3, -0.25) is 9.89 Å². The van der Waals surface area contributed by atoms with Gasteiger partial charge in [0.2, 0.25) is 0 Å². The molecule has 6 nitrogen and oxygen atoms in total. The van der Waals surface area contributed by atoms with Crippen LogP contribution >= 0.6 is 0 Å². The number of hydrogen-bond donors (Lipinski definition) is 3. The standard InChI is InChI=1S/C14H15N5O/c1-8-12(10-5-3-4-6-11(10)17-8)14(20)18-9(2)13-15-7-16-19-13/h3-7,9,17H,1-2H3,(H,18,20)(H,15,16,19). The van der Waals surface area contributed by atoms with Gasteiger partial charge in [0, 0.05) is 16.6 Å². The highest BCUT2D eigenvalue weighted by Gasteiger charge is 2.18. The van der Waals surface area contributed by atoms with Crippen molar-refractivity contribution >= 4 is 16.8 Å². The van der Waals surface area contributed by atoms with Crippen LogP contribution in [0.1, 0.15) is 34.8 Å². The smallest absolute Gasteiger partial charge is 0.254 e. The third-order valence-corrected chi connectivity index (χ3v) is 3.31. The van der Waals surface area contributed by atoms with Gasteiger partial charge in [-0.05, 0) is 19.9 Å². The van der Waals surface area contributed by atoms with Crippen molar-refractivity contribution in [1.29, 1.82) is 0 Å². The fourth-order valence-corrected chi connectivity index (χ4v) is 2.33. The SMILES string of the molecule is Cc1[nH]c2ccccc2c1C(=O)NC(C)c1ncn[nH]1. The van der Waals surface area contributed by atoms with Crippen molar-refractivity contribution in [1.82, 2.24) is 25.5 Å². The quantitative estimate of drug-likeness (QED) is 0.680. The number of aromatic amines is 2. The van der Waals surface area contributed by atoms with Crippen molar-refractivity contribution in [3.05, 3.63) is 47.7 Å². The maximum atomic E-state index is 12.5. The molecule has 3 N–H and O–H groups in total. The summed E-state index contributed by atoms with van der Waals surface area (Å²) in [6, 6.07) is 7.54. The Morgan fingerprint density at radius 1 is 1.35 bits per heavy atom. The summed E-state index contributed by atoms with van der Waals surface area (Å²) in [4.78, 5) is 19.7. The van der Waals surface area contributed by atoms with Crippen LogP contribution < -0.4 is 5.32 Å². The molecule has 102 valence electrons. The van der Waals surface area contributed by atoms with Gasteiger partial charge in [0.1, 0.15) is 12.2 Å². The first kappa shape index (κ1) is 12.4. The van der Waals surface area contributed by atoms with Gasteiger partial charge in [0.25, 0.3) is 5.91 Å². The number of nitrogens with zero attached hydrogens (tertiary/aromatic N) is 2. The minimum Gasteiger partial charge on any atom is -0.358 e. The first-order chi connectivity index (χ1) is 9.66. The maximum absolute atomic E-state index is 12.5. The van der Waals surface area contributed by atoms with Gasteiger partial charge in [-0.2, -0.15) is 5.10 Å². The molecule has 0 fully saturated rings. The number of para-hydroxylation sites is 1. The van der Waals surface area contributed by atoms with Crippen LogP contribution in [0, 0.1) is 6.92 Å². The number of aryl methyl sites for hydroxylation is 1. The average Bonchev–Trinajstić information content (AvgIpc) is 3.04. The molecule has 2 heterocycles. The maximum Gasteiger partial charge on any atom is 0.254 e. The highest BCUT2D eigenvalue weighted by Crippen LogP contribution is 2.22. The van der Waals surface area contributed by atoms with Crippen molar-refractivity contribution in [3.8, 4) is 0 Å². The molecule has 1 amide bonds. The third kappa shape index (κ3) is 2.05. The van der Waals surface area contributed by atoms with Crippen LogP contribution in [0.3, 0.4) is 0 Å². The summed E-state index contributed by atoms with van der Waals surface area (Å²) in [6.45, 7) is 3.76. The molecule has 0 saturated carbocycles. The normalized spacial score (nSPS) is 12.5. The summed E-state index contributed by atoms with van der Waals surface area (Å²) in [5, 5.41) is 10.4. The fourth-order valence-electron chi connectivity index (χ4n) is 2.33. The lowest BCUT2D eigenvalue weighted by atomic mass is 10.1. The number of carbonyl (C=O) groups excluding carboxylic acids is 1. The van der Waals surface area contributed by atoms with E-state index < -0.39 is 0 Å². The molecule has 0 spiro atoms. The summed E-state index contributed by atoms with van der Waals surface area (Å²) in [5.41, 5.74) is 2.49. The molecule has 1 aromatic carbocycles. The molecular formula is C14H15N5O. The summed E-state index contributed by atoms with van der Waals surface area (Å²) in [5.74, 6) is 0.514. The van der Waals surface area contributed by atoms with Crippen LogP contribution in [0.5, 0.6) is 0 Å². The van der Waals surface area contributed by atoms with E-state index in [4.69, 9.17) is 0 Å². The molecule has 20 heavy (non-hydrogen) atoms. The van der Waals surface area contributed by atoms with Crippen LogP contribution in [-0.4, -0.2) is 26.1 Å². The molecule has 3 rings (SSSR count). The zero-order valence-corrected chi connectivity index (χ0v) is 11.3. The monoisotopic (exact) mass is 269 g/mol. The Labute approximate surface area is 115 Å². The van der Waals surface area contributed by atoms with Gasteiger partial charge < -0.3 is 10.3 Å². The van der Waals surface area contributed by atoms with Crippen LogP contribution in [0.25, 0.3) is 10.9 Å². The van der Waals surface area contributed by atoms with Gasteiger partial charge in [0.05, 0.1) is 11.6 Å². The fraction of sp³-hybridized carbons (Fsp3) is 0.214. The van der Waals surface area contributed by atoms with Crippen molar-refractivity contribution in [2.24, 2.45) is 0 Å². The molecule has 0 bridgehead atoms. The largest absolute Gasteiger partial charge is 0.358 e. The molecule has 0 radical (unpaired) electrons. The molecule has 3 aromatic rings. The predicted octanol–water partition coefficient (Wildman–Crippen LogP) is 2.09. The van der Waals surface area contributed by atoms with E-state index in [1.165, 1.54) is 6.33 Å². The summed E-state index contributed by atoms with van der Waals surface area (Å²) >= 11 is 0. The second kappa shape index (κ2) is 4.80. The molecule has 0 aliphatic heterocycles. The van der Waals surface area contributed by atoms with Crippen LogP contribution in [0.15, 0.2) is 30.6 Å². The van der Waals surface area contributed by atoms with Gasteiger partial charge >= 0.3 is 0 Å². The van der Waals surface area contributed by atoms with Gasteiger partial charge in [0.15, 0.2) is 0 Å².